The summed E-state index contributed by atoms with van der Waals surface area (Å²) in [6, 6.07) is 17.2. The number of anilines is 2. The standard InChI is InChI=1S/C16H18ClNO2/c17-11-10-15(19)16(20)12-6-8-14(9-7-12)18-13-4-2-1-3-5-13/h1-9,15-16,18-20H,10-11H2. The molecule has 4 heteroatoms. The van der Waals surface area contributed by atoms with Crippen molar-refractivity contribution in [1.82, 2.24) is 0 Å². The van der Waals surface area contributed by atoms with Crippen LogP contribution in [0.25, 0.3) is 0 Å². The van der Waals surface area contributed by atoms with E-state index in [-0.39, 0.29) is 0 Å². The lowest BCUT2D eigenvalue weighted by molar-refractivity contribution is 0.0170. The largest absolute Gasteiger partial charge is 0.390 e. The predicted octanol–water partition coefficient (Wildman–Crippen LogP) is 3.45. The lowest BCUT2D eigenvalue weighted by Crippen LogP contribution is -2.18. The zero-order valence-electron chi connectivity index (χ0n) is 11.0. The van der Waals surface area contributed by atoms with Crippen LogP contribution in [0.1, 0.15) is 18.1 Å². The fraction of sp³-hybridized carbons (Fsp3) is 0.250. The third kappa shape index (κ3) is 3.97. The Labute approximate surface area is 123 Å². The first kappa shape index (κ1) is 14.9. The number of nitrogens with one attached hydrogen (secondary N) is 1. The van der Waals surface area contributed by atoms with Crippen molar-refractivity contribution in [3.8, 4) is 0 Å². The van der Waals surface area contributed by atoms with Gasteiger partial charge in [-0.2, -0.15) is 0 Å². The molecule has 0 amide bonds. The molecule has 20 heavy (non-hydrogen) atoms. The molecule has 0 spiro atoms. The molecule has 0 radical (unpaired) electrons. The molecule has 2 unspecified atom stereocenters. The summed E-state index contributed by atoms with van der Waals surface area (Å²) in [4.78, 5) is 0. The summed E-state index contributed by atoms with van der Waals surface area (Å²) < 4.78 is 0. The minimum absolute atomic E-state index is 0.325. The lowest BCUT2D eigenvalue weighted by atomic mass is 10.0. The number of aliphatic hydroxyl groups is 2. The van der Waals surface area contributed by atoms with Crippen LogP contribution in [0.5, 0.6) is 0 Å². The highest BCUT2D eigenvalue weighted by molar-refractivity contribution is 6.17. The SMILES string of the molecule is OC(CCCl)C(O)c1ccc(Nc2ccccc2)cc1. The molecule has 0 fully saturated rings. The minimum atomic E-state index is -0.903. The van der Waals surface area contributed by atoms with Crippen LogP contribution in [0, 0.1) is 0 Å². The van der Waals surface area contributed by atoms with Gasteiger partial charge < -0.3 is 15.5 Å². The van der Waals surface area contributed by atoms with Gasteiger partial charge in [-0.3, -0.25) is 0 Å². The molecule has 0 bridgehead atoms. The molecule has 3 nitrogen and oxygen atoms in total. The fourth-order valence-corrected chi connectivity index (χ4v) is 2.17. The van der Waals surface area contributed by atoms with E-state index in [1.165, 1.54) is 0 Å². The number of para-hydroxylation sites is 1. The molecule has 2 rings (SSSR count). The van der Waals surface area contributed by atoms with Crippen molar-refractivity contribution in [2.45, 2.75) is 18.6 Å². The van der Waals surface area contributed by atoms with Gasteiger partial charge in [-0.25, -0.2) is 0 Å². The van der Waals surface area contributed by atoms with Gasteiger partial charge in [-0.05, 0) is 36.2 Å². The molecule has 2 aromatic rings. The van der Waals surface area contributed by atoms with Gasteiger partial charge in [-0.1, -0.05) is 30.3 Å². The predicted molar refractivity (Wildman–Crippen MR) is 82.5 cm³/mol. The average molecular weight is 292 g/mol. The average Bonchev–Trinajstić information content (AvgIpc) is 2.48. The van der Waals surface area contributed by atoms with Crippen LogP contribution in [-0.4, -0.2) is 22.2 Å². The fourth-order valence-electron chi connectivity index (χ4n) is 1.94. The van der Waals surface area contributed by atoms with Crippen LogP contribution in [0.3, 0.4) is 0 Å². The number of hydrogen-bond acceptors (Lipinski definition) is 3. The Kier molecular flexibility index (Phi) is 5.41. The number of rotatable bonds is 6. The minimum Gasteiger partial charge on any atom is -0.390 e. The van der Waals surface area contributed by atoms with Crippen LogP contribution >= 0.6 is 11.6 Å². The molecule has 0 saturated carbocycles. The smallest absolute Gasteiger partial charge is 0.105 e. The van der Waals surface area contributed by atoms with Gasteiger partial charge in [0, 0.05) is 17.3 Å². The number of halogens is 1. The molecule has 2 aromatic carbocycles. The van der Waals surface area contributed by atoms with Crippen molar-refractivity contribution in [3.05, 3.63) is 60.2 Å². The Morgan fingerprint density at radius 3 is 2.10 bits per heavy atom. The zero-order valence-corrected chi connectivity index (χ0v) is 11.8. The van der Waals surface area contributed by atoms with E-state index < -0.39 is 12.2 Å². The second-order valence-corrected chi connectivity index (χ2v) is 4.98. The van der Waals surface area contributed by atoms with Gasteiger partial charge in [0.2, 0.25) is 0 Å². The van der Waals surface area contributed by atoms with Crippen molar-refractivity contribution in [3.63, 3.8) is 0 Å². The Morgan fingerprint density at radius 1 is 0.900 bits per heavy atom. The number of benzene rings is 2. The van der Waals surface area contributed by atoms with Crippen molar-refractivity contribution < 1.29 is 10.2 Å². The van der Waals surface area contributed by atoms with Crippen molar-refractivity contribution in [2.75, 3.05) is 11.2 Å². The normalized spacial score (nSPS) is 13.8. The van der Waals surface area contributed by atoms with Crippen molar-refractivity contribution in [1.29, 1.82) is 0 Å². The molecule has 3 N–H and O–H groups in total. The van der Waals surface area contributed by atoms with Crippen molar-refractivity contribution in [2.24, 2.45) is 0 Å². The highest BCUT2D eigenvalue weighted by atomic mass is 35.5. The second-order valence-electron chi connectivity index (χ2n) is 4.60. The van der Waals surface area contributed by atoms with Gasteiger partial charge in [0.15, 0.2) is 0 Å². The first-order valence-electron chi connectivity index (χ1n) is 6.55. The monoisotopic (exact) mass is 291 g/mol. The van der Waals surface area contributed by atoms with E-state index in [0.29, 0.717) is 17.9 Å². The molecular formula is C16H18ClNO2. The second kappa shape index (κ2) is 7.29. The van der Waals surface area contributed by atoms with Crippen LogP contribution in [-0.2, 0) is 0 Å². The van der Waals surface area contributed by atoms with Gasteiger partial charge >= 0.3 is 0 Å². The quantitative estimate of drug-likeness (QED) is 0.715. The molecule has 0 saturated heterocycles. The molecule has 0 aliphatic rings. The van der Waals surface area contributed by atoms with Crippen LogP contribution in [0.2, 0.25) is 0 Å². The summed E-state index contributed by atoms with van der Waals surface area (Å²) in [6.07, 6.45) is -1.37. The molecule has 0 aliphatic heterocycles. The van der Waals surface area contributed by atoms with Crippen molar-refractivity contribution >= 4 is 23.0 Å². The van der Waals surface area contributed by atoms with Crippen LogP contribution in [0.15, 0.2) is 54.6 Å². The highest BCUT2D eigenvalue weighted by Crippen LogP contribution is 2.22. The van der Waals surface area contributed by atoms with Gasteiger partial charge in [0.25, 0.3) is 0 Å². The zero-order chi connectivity index (χ0) is 14.4. The summed E-state index contributed by atoms with van der Waals surface area (Å²) in [6.45, 7) is 0. The first-order valence-corrected chi connectivity index (χ1v) is 7.08. The topological polar surface area (TPSA) is 52.5 Å². The van der Waals surface area contributed by atoms with Gasteiger partial charge in [0.1, 0.15) is 6.10 Å². The first-order chi connectivity index (χ1) is 9.70. The Morgan fingerprint density at radius 2 is 1.50 bits per heavy atom. The summed E-state index contributed by atoms with van der Waals surface area (Å²) in [5, 5.41) is 23.0. The van der Waals surface area contributed by atoms with E-state index in [4.69, 9.17) is 11.6 Å². The van der Waals surface area contributed by atoms with E-state index in [9.17, 15) is 10.2 Å². The third-order valence-electron chi connectivity index (χ3n) is 3.08. The number of alkyl halides is 1. The van der Waals surface area contributed by atoms with Crippen LogP contribution in [0.4, 0.5) is 11.4 Å². The van der Waals surface area contributed by atoms with E-state index in [1.54, 1.807) is 12.1 Å². The number of hydrogen-bond donors (Lipinski definition) is 3. The van der Waals surface area contributed by atoms with Crippen LogP contribution < -0.4 is 5.32 Å². The molecule has 106 valence electrons. The molecule has 2 atom stereocenters. The van der Waals surface area contributed by atoms with E-state index in [2.05, 4.69) is 5.32 Å². The molecular weight excluding hydrogens is 274 g/mol. The Bertz CT molecular complexity index is 516. The maximum Gasteiger partial charge on any atom is 0.105 e. The van der Waals surface area contributed by atoms with Gasteiger partial charge in [0.05, 0.1) is 6.10 Å². The third-order valence-corrected chi connectivity index (χ3v) is 3.30. The summed E-state index contributed by atoms with van der Waals surface area (Å²) in [5.41, 5.74) is 2.61. The highest BCUT2D eigenvalue weighted by Gasteiger charge is 2.17. The van der Waals surface area contributed by atoms with E-state index in [0.717, 1.165) is 11.4 Å². The maximum absolute atomic E-state index is 9.97. The van der Waals surface area contributed by atoms with E-state index >= 15 is 0 Å². The van der Waals surface area contributed by atoms with Gasteiger partial charge in [-0.15, -0.1) is 11.6 Å². The number of aliphatic hydroxyl groups excluding tert-OH is 2. The maximum atomic E-state index is 9.97. The molecule has 0 aromatic heterocycles. The summed E-state index contributed by atoms with van der Waals surface area (Å²) >= 11 is 5.56. The lowest BCUT2D eigenvalue weighted by Gasteiger charge is -2.17. The Hall–Kier alpha value is -1.55. The summed E-state index contributed by atoms with van der Waals surface area (Å²) in [7, 11) is 0. The Balaban J connectivity index is 2.03. The van der Waals surface area contributed by atoms with E-state index in [1.807, 2.05) is 42.5 Å². The molecule has 0 heterocycles. The summed E-state index contributed by atoms with van der Waals surface area (Å²) in [5.74, 6) is 0.325. The molecule has 0 aliphatic carbocycles.